The van der Waals surface area contributed by atoms with Gasteiger partial charge in [-0.2, -0.15) is 0 Å². The first-order valence-corrected chi connectivity index (χ1v) is 6.44. The maximum absolute atomic E-state index is 4.40. The monoisotopic (exact) mass is 225 g/mol. The number of rotatable bonds is 4. The zero-order chi connectivity index (χ0) is 10.7. The van der Waals surface area contributed by atoms with Crippen LogP contribution in [0.3, 0.4) is 0 Å². The molecule has 1 fully saturated rings. The van der Waals surface area contributed by atoms with E-state index in [9.17, 15) is 0 Å². The third-order valence-electron chi connectivity index (χ3n) is 2.88. The standard InChI is InChI=1S/C11H19N3S/c1-8-5-14-11(15-8)9(2)13-7-10-3-4-12-6-10/h5,9-10,12-13H,3-4,6-7H2,1-2H3. The second-order valence-corrected chi connectivity index (χ2v) is 5.56. The van der Waals surface area contributed by atoms with Crippen molar-refractivity contribution in [2.24, 2.45) is 5.92 Å². The average molecular weight is 225 g/mol. The van der Waals surface area contributed by atoms with Gasteiger partial charge in [-0.15, -0.1) is 11.3 Å². The summed E-state index contributed by atoms with van der Waals surface area (Å²) in [4.78, 5) is 5.69. The Labute approximate surface area is 95.3 Å². The van der Waals surface area contributed by atoms with Crippen molar-refractivity contribution in [2.45, 2.75) is 26.3 Å². The topological polar surface area (TPSA) is 37.0 Å². The minimum Gasteiger partial charge on any atom is -0.316 e. The van der Waals surface area contributed by atoms with Gasteiger partial charge in [0.25, 0.3) is 0 Å². The molecule has 2 rings (SSSR count). The number of hydrogen-bond donors (Lipinski definition) is 2. The lowest BCUT2D eigenvalue weighted by Gasteiger charge is -2.14. The van der Waals surface area contributed by atoms with Crippen molar-refractivity contribution in [1.29, 1.82) is 0 Å². The van der Waals surface area contributed by atoms with Gasteiger partial charge in [-0.25, -0.2) is 4.98 Å². The van der Waals surface area contributed by atoms with Crippen molar-refractivity contribution in [3.05, 3.63) is 16.1 Å². The molecule has 0 aliphatic carbocycles. The SMILES string of the molecule is Cc1cnc(C(C)NCC2CCNC2)s1. The molecule has 2 atom stereocenters. The Morgan fingerprint density at radius 1 is 1.73 bits per heavy atom. The third kappa shape index (κ3) is 3.00. The fourth-order valence-electron chi connectivity index (χ4n) is 1.89. The molecular weight excluding hydrogens is 206 g/mol. The number of nitrogens with zero attached hydrogens (tertiary/aromatic N) is 1. The summed E-state index contributed by atoms with van der Waals surface area (Å²) in [7, 11) is 0. The van der Waals surface area contributed by atoms with Crippen molar-refractivity contribution in [2.75, 3.05) is 19.6 Å². The van der Waals surface area contributed by atoms with Crippen LogP contribution in [0.4, 0.5) is 0 Å². The molecule has 2 heterocycles. The van der Waals surface area contributed by atoms with E-state index in [1.165, 1.54) is 22.9 Å². The summed E-state index contributed by atoms with van der Waals surface area (Å²) in [6.45, 7) is 7.75. The lowest BCUT2D eigenvalue weighted by molar-refractivity contribution is 0.469. The van der Waals surface area contributed by atoms with Gasteiger partial charge in [-0.1, -0.05) is 0 Å². The van der Waals surface area contributed by atoms with Crippen LogP contribution in [0.15, 0.2) is 6.20 Å². The maximum Gasteiger partial charge on any atom is 0.109 e. The average Bonchev–Trinajstić information content (AvgIpc) is 2.84. The van der Waals surface area contributed by atoms with Gasteiger partial charge in [-0.3, -0.25) is 0 Å². The molecule has 0 aromatic carbocycles. The molecule has 2 N–H and O–H groups in total. The first kappa shape index (κ1) is 11.0. The minimum atomic E-state index is 0.393. The molecule has 84 valence electrons. The molecule has 0 bridgehead atoms. The number of aromatic nitrogens is 1. The molecule has 1 aliphatic heterocycles. The zero-order valence-electron chi connectivity index (χ0n) is 9.42. The lowest BCUT2D eigenvalue weighted by Crippen LogP contribution is -2.26. The molecule has 0 amide bonds. The van der Waals surface area contributed by atoms with Crippen molar-refractivity contribution in [3.8, 4) is 0 Å². The molecule has 1 aromatic rings. The molecule has 0 spiro atoms. The van der Waals surface area contributed by atoms with Crippen molar-refractivity contribution >= 4 is 11.3 Å². The van der Waals surface area contributed by atoms with Gasteiger partial charge in [0.2, 0.25) is 0 Å². The highest BCUT2D eigenvalue weighted by Crippen LogP contribution is 2.19. The minimum absolute atomic E-state index is 0.393. The van der Waals surface area contributed by atoms with Gasteiger partial charge in [-0.05, 0) is 45.8 Å². The quantitative estimate of drug-likeness (QED) is 0.819. The van der Waals surface area contributed by atoms with Crippen LogP contribution in [-0.4, -0.2) is 24.6 Å². The Bertz CT molecular complexity index is 305. The third-order valence-corrected chi connectivity index (χ3v) is 3.98. The van der Waals surface area contributed by atoms with E-state index >= 15 is 0 Å². The van der Waals surface area contributed by atoms with Gasteiger partial charge in [0.15, 0.2) is 0 Å². The Morgan fingerprint density at radius 2 is 2.60 bits per heavy atom. The largest absolute Gasteiger partial charge is 0.316 e. The van der Waals surface area contributed by atoms with E-state index in [-0.39, 0.29) is 0 Å². The molecular formula is C11H19N3S. The van der Waals surface area contributed by atoms with Gasteiger partial charge in [0, 0.05) is 11.1 Å². The van der Waals surface area contributed by atoms with Gasteiger partial charge in [0.1, 0.15) is 5.01 Å². The molecule has 15 heavy (non-hydrogen) atoms. The summed E-state index contributed by atoms with van der Waals surface area (Å²) in [5, 5.41) is 8.16. The van der Waals surface area contributed by atoms with E-state index in [4.69, 9.17) is 0 Å². The highest BCUT2D eigenvalue weighted by atomic mass is 32.1. The Morgan fingerprint density at radius 3 is 3.20 bits per heavy atom. The van der Waals surface area contributed by atoms with E-state index in [1.807, 2.05) is 6.20 Å². The number of aryl methyl sites for hydroxylation is 1. The summed E-state index contributed by atoms with van der Waals surface area (Å²) in [6, 6.07) is 0.393. The molecule has 4 heteroatoms. The van der Waals surface area contributed by atoms with Crippen LogP contribution in [0.2, 0.25) is 0 Å². The fraction of sp³-hybridized carbons (Fsp3) is 0.727. The maximum atomic E-state index is 4.40. The van der Waals surface area contributed by atoms with Crippen LogP contribution in [0.25, 0.3) is 0 Å². The predicted octanol–water partition coefficient (Wildman–Crippen LogP) is 1.71. The number of thiazole rings is 1. The van der Waals surface area contributed by atoms with E-state index < -0.39 is 0 Å². The molecule has 0 radical (unpaired) electrons. The van der Waals surface area contributed by atoms with E-state index in [0.29, 0.717) is 6.04 Å². The van der Waals surface area contributed by atoms with Crippen LogP contribution in [-0.2, 0) is 0 Å². The number of hydrogen-bond acceptors (Lipinski definition) is 4. The van der Waals surface area contributed by atoms with Gasteiger partial charge in [0.05, 0.1) is 6.04 Å². The smallest absolute Gasteiger partial charge is 0.109 e. The Balaban J connectivity index is 1.79. The highest BCUT2D eigenvalue weighted by molar-refractivity contribution is 7.11. The van der Waals surface area contributed by atoms with Crippen LogP contribution in [0.1, 0.15) is 29.3 Å². The lowest BCUT2D eigenvalue weighted by atomic mass is 10.1. The van der Waals surface area contributed by atoms with Crippen molar-refractivity contribution < 1.29 is 0 Å². The second-order valence-electron chi connectivity index (χ2n) is 4.30. The van der Waals surface area contributed by atoms with Gasteiger partial charge >= 0.3 is 0 Å². The predicted molar refractivity (Wildman–Crippen MR) is 64.2 cm³/mol. The summed E-state index contributed by atoms with van der Waals surface area (Å²) >= 11 is 1.79. The van der Waals surface area contributed by atoms with E-state index in [0.717, 1.165) is 19.0 Å². The van der Waals surface area contributed by atoms with Gasteiger partial charge < -0.3 is 10.6 Å². The Hall–Kier alpha value is -0.450. The van der Waals surface area contributed by atoms with Crippen LogP contribution in [0.5, 0.6) is 0 Å². The molecule has 1 saturated heterocycles. The first-order valence-electron chi connectivity index (χ1n) is 5.62. The highest BCUT2D eigenvalue weighted by Gasteiger charge is 2.16. The summed E-state index contributed by atoms with van der Waals surface area (Å²) < 4.78 is 0. The molecule has 2 unspecified atom stereocenters. The number of nitrogens with one attached hydrogen (secondary N) is 2. The van der Waals surface area contributed by atoms with Crippen LogP contribution < -0.4 is 10.6 Å². The molecule has 1 aromatic heterocycles. The fourth-order valence-corrected chi connectivity index (χ4v) is 2.69. The van der Waals surface area contributed by atoms with Crippen molar-refractivity contribution in [1.82, 2.24) is 15.6 Å². The molecule has 3 nitrogen and oxygen atoms in total. The normalized spacial score (nSPS) is 23.2. The van der Waals surface area contributed by atoms with E-state index in [1.54, 1.807) is 11.3 Å². The summed E-state index contributed by atoms with van der Waals surface area (Å²) in [5.74, 6) is 0.800. The van der Waals surface area contributed by atoms with Crippen LogP contribution >= 0.6 is 11.3 Å². The summed E-state index contributed by atoms with van der Waals surface area (Å²) in [5.41, 5.74) is 0. The second kappa shape index (κ2) is 5.05. The first-order chi connectivity index (χ1) is 7.25. The Kier molecular flexibility index (Phi) is 3.72. The van der Waals surface area contributed by atoms with Crippen LogP contribution in [0, 0.1) is 12.8 Å². The van der Waals surface area contributed by atoms with Crippen molar-refractivity contribution in [3.63, 3.8) is 0 Å². The zero-order valence-corrected chi connectivity index (χ0v) is 10.2. The molecule has 0 saturated carbocycles. The molecule has 1 aliphatic rings. The van der Waals surface area contributed by atoms with E-state index in [2.05, 4.69) is 29.5 Å². The summed E-state index contributed by atoms with van der Waals surface area (Å²) in [6.07, 6.45) is 3.26.